The zero-order chi connectivity index (χ0) is 18.7. The SMILES string of the molecule is CC(C)c1cccc(C(C)C)c1NC(=O)N(C)CC(O)C(F)(F)F. The summed E-state index contributed by atoms with van der Waals surface area (Å²) in [6.07, 6.45) is -7.33. The number of para-hydroxylation sites is 1. The first-order chi connectivity index (χ1) is 10.9. The van der Waals surface area contributed by atoms with Crippen LogP contribution in [0.3, 0.4) is 0 Å². The topological polar surface area (TPSA) is 52.6 Å². The van der Waals surface area contributed by atoms with Crippen LogP contribution in [0.5, 0.6) is 0 Å². The van der Waals surface area contributed by atoms with Crippen molar-refractivity contribution in [2.45, 2.75) is 51.8 Å². The number of likely N-dealkylation sites (N-methyl/N-ethyl adjacent to an activating group) is 1. The number of anilines is 1. The number of carbonyl (C=O) groups excluding carboxylic acids is 1. The summed E-state index contributed by atoms with van der Waals surface area (Å²) < 4.78 is 37.3. The molecule has 2 N–H and O–H groups in total. The summed E-state index contributed by atoms with van der Waals surface area (Å²) in [6.45, 7) is 7.09. The number of urea groups is 1. The highest BCUT2D eigenvalue weighted by molar-refractivity contribution is 5.91. The van der Waals surface area contributed by atoms with E-state index in [1.165, 1.54) is 7.05 Å². The molecule has 0 saturated carbocycles. The number of benzene rings is 1. The molecular formula is C17H25F3N2O2. The molecule has 0 fully saturated rings. The van der Waals surface area contributed by atoms with Gasteiger partial charge in [-0.3, -0.25) is 0 Å². The van der Waals surface area contributed by atoms with E-state index in [1.54, 1.807) is 0 Å². The van der Waals surface area contributed by atoms with Crippen LogP contribution in [-0.2, 0) is 0 Å². The summed E-state index contributed by atoms with van der Waals surface area (Å²) in [7, 11) is 1.22. The van der Waals surface area contributed by atoms with Gasteiger partial charge in [-0.05, 0) is 23.0 Å². The number of hydrogen-bond donors (Lipinski definition) is 2. The number of carbonyl (C=O) groups is 1. The monoisotopic (exact) mass is 346 g/mol. The maximum atomic E-state index is 12.4. The van der Waals surface area contributed by atoms with E-state index >= 15 is 0 Å². The predicted octanol–water partition coefficient (Wildman–Crippen LogP) is 4.32. The first-order valence-corrected chi connectivity index (χ1v) is 7.84. The van der Waals surface area contributed by atoms with Gasteiger partial charge in [0.05, 0.1) is 6.54 Å². The summed E-state index contributed by atoms with van der Waals surface area (Å²) in [5, 5.41) is 11.8. The van der Waals surface area contributed by atoms with Gasteiger partial charge in [0, 0.05) is 12.7 Å². The Hall–Kier alpha value is -1.76. The molecule has 0 heterocycles. The molecular weight excluding hydrogens is 321 g/mol. The van der Waals surface area contributed by atoms with Crippen molar-refractivity contribution in [2.75, 3.05) is 18.9 Å². The fourth-order valence-corrected chi connectivity index (χ4v) is 2.34. The summed E-state index contributed by atoms with van der Waals surface area (Å²) >= 11 is 0. The number of alkyl halides is 3. The summed E-state index contributed by atoms with van der Waals surface area (Å²) in [5.41, 5.74) is 2.46. The molecule has 1 unspecified atom stereocenters. The van der Waals surface area contributed by atoms with E-state index < -0.39 is 24.9 Å². The third-order valence-electron chi connectivity index (χ3n) is 3.78. The van der Waals surface area contributed by atoms with Crippen molar-refractivity contribution >= 4 is 11.7 Å². The molecule has 1 rings (SSSR count). The van der Waals surface area contributed by atoms with Crippen LogP contribution < -0.4 is 5.32 Å². The lowest BCUT2D eigenvalue weighted by molar-refractivity contribution is -0.205. The van der Waals surface area contributed by atoms with Gasteiger partial charge in [-0.2, -0.15) is 13.2 Å². The second-order valence-electron chi connectivity index (χ2n) is 6.49. The smallest absolute Gasteiger partial charge is 0.382 e. The van der Waals surface area contributed by atoms with E-state index in [0.29, 0.717) is 5.69 Å². The molecule has 7 heteroatoms. The van der Waals surface area contributed by atoms with E-state index in [0.717, 1.165) is 16.0 Å². The van der Waals surface area contributed by atoms with Crippen molar-refractivity contribution in [2.24, 2.45) is 0 Å². The van der Waals surface area contributed by atoms with Gasteiger partial charge in [0.15, 0.2) is 6.10 Å². The highest BCUT2D eigenvalue weighted by Gasteiger charge is 2.39. The molecule has 0 radical (unpaired) electrons. The fraction of sp³-hybridized carbons (Fsp3) is 0.588. The maximum absolute atomic E-state index is 12.4. The fourth-order valence-electron chi connectivity index (χ4n) is 2.34. The zero-order valence-electron chi connectivity index (χ0n) is 14.6. The quantitative estimate of drug-likeness (QED) is 0.834. The Morgan fingerprint density at radius 2 is 1.62 bits per heavy atom. The standard InChI is InChI=1S/C17H25F3N2O2/c1-10(2)12-7-6-8-13(11(3)4)15(12)21-16(24)22(5)9-14(23)17(18,19)20/h6-8,10-11,14,23H,9H2,1-5H3,(H,21,24). The molecule has 0 aliphatic rings. The summed E-state index contributed by atoms with van der Waals surface area (Å²) in [4.78, 5) is 13.1. The van der Waals surface area contributed by atoms with E-state index in [2.05, 4.69) is 5.32 Å². The van der Waals surface area contributed by atoms with Crippen molar-refractivity contribution in [1.82, 2.24) is 4.90 Å². The van der Waals surface area contributed by atoms with E-state index in [4.69, 9.17) is 5.11 Å². The predicted molar refractivity (Wildman–Crippen MR) is 88.3 cm³/mol. The highest BCUT2D eigenvalue weighted by Crippen LogP contribution is 2.32. The van der Waals surface area contributed by atoms with Crippen LogP contribution in [0.1, 0.15) is 50.7 Å². The van der Waals surface area contributed by atoms with Gasteiger partial charge in [-0.15, -0.1) is 0 Å². The van der Waals surface area contributed by atoms with Crippen LogP contribution in [0.25, 0.3) is 0 Å². The average molecular weight is 346 g/mol. The van der Waals surface area contributed by atoms with Crippen LogP contribution in [0, 0.1) is 0 Å². The van der Waals surface area contributed by atoms with Crippen LogP contribution in [0.2, 0.25) is 0 Å². The van der Waals surface area contributed by atoms with Gasteiger partial charge < -0.3 is 15.3 Å². The van der Waals surface area contributed by atoms with Gasteiger partial charge in [-0.25, -0.2) is 4.79 Å². The molecule has 0 spiro atoms. The second-order valence-corrected chi connectivity index (χ2v) is 6.49. The lowest BCUT2D eigenvalue weighted by Gasteiger charge is -2.25. The number of nitrogens with zero attached hydrogens (tertiary/aromatic N) is 1. The highest BCUT2D eigenvalue weighted by atomic mass is 19.4. The second kappa shape index (κ2) is 7.88. The third-order valence-corrected chi connectivity index (χ3v) is 3.78. The Kier molecular flexibility index (Phi) is 6.66. The van der Waals surface area contributed by atoms with Crippen molar-refractivity contribution in [3.05, 3.63) is 29.3 Å². The van der Waals surface area contributed by atoms with Gasteiger partial charge in [0.1, 0.15) is 0 Å². The molecule has 0 aliphatic carbocycles. The van der Waals surface area contributed by atoms with Crippen molar-refractivity contribution < 1.29 is 23.1 Å². The Morgan fingerprint density at radius 1 is 1.17 bits per heavy atom. The Bertz CT molecular complexity index is 545. The minimum absolute atomic E-state index is 0.144. The zero-order valence-corrected chi connectivity index (χ0v) is 14.6. The Balaban J connectivity index is 3.01. The number of aliphatic hydroxyl groups excluding tert-OH is 1. The molecule has 0 bridgehead atoms. The van der Waals surface area contributed by atoms with E-state index in [1.807, 2.05) is 45.9 Å². The van der Waals surface area contributed by atoms with Gasteiger partial charge in [-0.1, -0.05) is 45.9 Å². The Morgan fingerprint density at radius 3 is 2.00 bits per heavy atom. The maximum Gasteiger partial charge on any atom is 0.416 e. The first-order valence-electron chi connectivity index (χ1n) is 7.84. The van der Waals surface area contributed by atoms with Crippen molar-refractivity contribution in [1.29, 1.82) is 0 Å². The Labute approximate surface area is 140 Å². The summed E-state index contributed by atoms with van der Waals surface area (Å²) in [5.74, 6) is 0.287. The number of amides is 2. The molecule has 24 heavy (non-hydrogen) atoms. The van der Waals surface area contributed by atoms with Crippen molar-refractivity contribution in [3.8, 4) is 0 Å². The third kappa shape index (κ3) is 5.12. The van der Waals surface area contributed by atoms with Crippen molar-refractivity contribution in [3.63, 3.8) is 0 Å². The van der Waals surface area contributed by atoms with Crippen LogP contribution >= 0.6 is 0 Å². The lowest BCUT2D eigenvalue weighted by Crippen LogP contribution is -2.43. The summed E-state index contributed by atoms with van der Waals surface area (Å²) in [6, 6.07) is 4.98. The number of hydrogen-bond acceptors (Lipinski definition) is 2. The van der Waals surface area contributed by atoms with Crippen LogP contribution in [0.15, 0.2) is 18.2 Å². The molecule has 1 aromatic carbocycles. The molecule has 2 amide bonds. The van der Waals surface area contributed by atoms with Crippen LogP contribution in [0.4, 0.5) is 23.7 Å². The molecule has 136 valence electrons. The number of aliphatic hydroxyl groups is 1. The normalized spacial score (nSPS) is 13.3. The molecule has 0 aliphatic heterocycles. The van der Waals surface area contributed by atoms with Gasteiger partial charge >= 0.3 is 12.2 Å². The average Bonchev–Trinajstić information content (AvgIpc) is 2.45. The van der Waals surface area contributed by atoms with E-state index in [-0.39, 0.29) is 11.8 Å². The molecule has 4 nitrogen and oxygen atoms in total. The van der Waals surface area contributed by atoms with Gasteiger partial charge in [0.25, 0.3) is 0 Å². The first kappa shape index (κ1) is 20.3. The molecule has 1 aromatic rings. The lowest BCUT2D eigenvalue weighted by atomic mass is 9.93. The van der Waals surface area contributed by atoms with E-state index in [9.17, 15) is 18.0 Å². The largest absolute Gasteiger partial charge is 0.416 e. The molecule has 0 aromatic heterocycles. The number of rotatable bonds is 5. The number of halogens is 3. The van der Waals surface area contributed by atoms with Crippen LogP contribution in [-0.4, -0.2) is 41.9 Å². The molecule has 1 atom stereocenters. The number of nitrogens with one attached hydrogen (secondary N) is 1. The van der Waals surface area contributed by atoms with Gasteiger partial charge in [0.2, 0.25) is 0 Å². The molecule has 0 saturated heterocycles. The minimum atomic E-state index is -4.76. The minimum Gasteiger partial charge on any atom is -0.382 e.